The predicted octanol–water partition coefficient (Wildman–Crippen LogP) is 2.98. The maximum absolute atomic E-state index is 5.93. The topological polar surface area (TPSA) is 59.6 Å². The molecule has 5 heteroatoms. The van der Waals surface area contributed by atoms with E-state index in [4.69, 9.17) is 10.5 Å². The van der Waals surface area contributed by atoms with Gasteiger partial charge in [-0.25, -0.2) is 4.99 Å². The van der Waals surface area contributed by atoms with Gasteiger partial charge in [-0.1, -0.05) is 32.0 Å². The van der Waals surface area contributed by atoms with E-state index in [0.717, 1.165) is 17.7 Å². The van der Waals surface area contributed by atoms with Crippen LogP contribution in [0.2, 0.25) is 0 Å². The number of aliphatic imine (C=N–C) groups is 1. The molecule has 4 nitrogen and oxygen atoms in total. The van der Waals surface area contributed by atoms with E-state index < -0.39 is 0 Å². The molecule has 19 heavy (non-hydrogen) atoms. The highest BCUT2D eigenvalue weighted by atomic mass is 127. The minimum absolute atomic E-state index is 0. The number of ether oxygens (including phenoxy) is 1. The summed E-state index contributed by atoms with van der Waals surface area (Å²) in [5.74, 6) is 0.481. The maximum Gasteiger partial charge on any atom is 0.193 e. The van der Waals surface area contributed by atoms with Crippen LogP contribution in [0.1, 0.15) is 25.8 Å². The number of methoxy groups -OCH3 is 1. The van der Waals surface area contributed by atoms with Crippen LogP contribution in [0.15, 0.2) is 29.3 Å². The summed E-state index contributed by atoms with van der Waals surface area (Å²) in [4.78, 5) is 4.48. The lowest BCUT2D eigenvalue weighted by Gasteiger charge is -2.11. The zero-order chi connectivity index (χ0) is 13.2. The van der Waals surface area contributed by atoms with Crippen LogP contribution in [-0.4, -0.2) is 19.1 Å². The molecule has 1 atom stereocenters. The molecule has 1 unspecified atom stereocenters. The number of nitrogens with zero attached hydrogens (tertiary/aromatic N) is 1. The highest BCUT2D eigenvalue weighted by Crippen LogP contribution is 2.47. The van der Waals surface area contributed by atoms with Crippen LogP contribution in [0.3, 0.4) is 0 Å². The van der Waals surface area contributed by atoms with E-state index in [2.05, 4.69) is 24.2 Å². The van der Waals surface area contributed by atoms with E-state index in [1.54, 1.807) is 7.11 Å². The number of rotatable bonds is 4. The molecule has 1 saturated carbocycles. The summed E-state index contributed by atoms with van der Waals surface area (Å²) in [5.41, 5.74) is 8.27. The monoisotopic (exact) mass is 375 g/mol. The van der Waals surface area contributed by atoms with Gasteiger partial charge in [0.2, 0.25) is 0 Å². The smallest absolute Gasteiger partial charge is 0.193 e. The Hall–Kier alpha value is -0.820. The zero-order valence-corrected chi connectivity index (χ0v) is 14.0. The fraction of sp³-hybridized carbons (Fsp3) is 0.500. The van der Waals surface area contributed by atoms with E-state index in [1.807, 2.05) is 24.3 Å². The van der Waals surface area contributed by atoms with Crippen molar-refractivity contribution in [2.75, 3.05) is 12.4 Å². The normalized spacial score (nSPS) is 20.6. The molecular formula is C14H22IN3O. The third kappa shape index (κ3) is 4.35. The second-order valence-corrected chi connectivity index (χ2v) is 5.44. The molecule has 0 radical (unpaired) electrons. The molecule has 106 valence electrons. The predicted molar refractivity (Wildman–Crippen MR) is 90.0 cm³/mol. The summed E-state index contributed by atoms with van der Waals surface area (Å²) in [6.07, 6.45) is 1.11. The molecule has 1 aromatic rings. The molecule has 0 heterocycles. The first kappa shape index (κ1) is 16.2. The molecule has 0 bridgehead atoms. The Balaban J connectivity index is 0.00000180. The summed E-state index contributed by atoms with van der Waals surface area (Å²) in [7, 11) is 1.68. The van der Waals surface area contributed by atoms with Gasteiger partial charge in [0, 0.05) is 18.4 Å². The summed E-state index contributed by atoms with van der Waals surface area (Å²) in [5, 5.41) is 3.15. The van der Waals surface area contributed by atoms with E-state index in [0.29, 0.717) is 24.0 Å². The molecule has 1 fully saturated rings. The molecular weight excluding hydrogens is 353 g/mol. The summed E-state index contributed by atoms with van der Waals surface area (Å²) in [6.45, 7) is 4.96. The Labute approximate surface area is 131 Å². The number of para-hydroxylation sites is 1. The van der Waals surface area contributed by atoms with Crippen molar-refractivity contribution in [3.8, 4) is 0 Å². The van der Waals surface area contributed by atoms with Crippen molar-refractivity contribution in [2.45, 2.75) is 32.9 Å². The second-order valence-electron chi connectivity index (χ2n) is 5.44. The van der Waals surface area contributed by atoms with Gasteiger partial charge in [0.05, 0.1) is 12.6 Å². The Morgan fingerprint density at radius 1 is 1.47 bits per heavy atom. The van der Waals surface area contributed by atoms with Crippen molar-refractivity contribution < 1.29 is 4.74 Å². The Morgan fingerprint density at radius 2 is 2.11 bits per heavy atom. The van der Waals surface area contributed by atoms with Crippen LogP contribution in [0.25, 0.3) is 0 Å². The van der Waals surface area contributed by atoms with E-state index >= 15 is 0 Å². The number of guanidine groups is 1. The number of nitrogens with two attached hydrogens (primary N) is 1. The van der Waals surface area contributed by atoms with Crippen molar-refractivity contribution in [1.82, 2.24) is 0 Å². The Morgan fingerprint density at radius 3 is 2.68 bits per heavy atom. The first-order chi connectivity index (χ1) is 8.53. The molecule has 0 aromatic heterocycles. The molecule has 1 aliphatic carbocycles. The van der Waals surface area contributed by atoms with E-state index in [1.165, 1.54) is 0 Å². The molecule has 2 rings (SSSR count). The van der Waals surface area contributed by atoms with Crippen LogP contribution in [0, 0.1) is 5.41 Å². The molecule has 3 N–H and O–H groups in total. The number of hydrogen-bond donors (Lipinski definition) is 2. The lowest BCUT2D eigenvalue weighted by Crippen LogP contribution is -2.24. The molecule has 1 aliphatic rings. The van der Waals surface area contributed by atoms with Gasteiger partial charge in [-0.3, -0.25) is 0 Å². The number of benzene rings is 1. The highest BCUT2D eigenvalue weighted by Gasteiger charge is 2.45. The van der Waals surface area contributed by atoms with Gasteiger partial charge in [0.1, 0.15) is 0 Å². The van der Waals surface area contributed by atoms with Crippen LogP contribution in [0.5, 0.6) is 0 Å². The third-order valence-corrected chi connectivity index (χ3v) is 3.34. The second kappa shape index (κ2) is 6.56. The van der Waals surface area contributed by atoms with Crippen LogP contribution < -0.4 is 11.1 Å². The lowest BCUT2D eigenvalue weighted by molar-refractivity contribution is 0.185. The quantitative estimate of drug-likeness (QED) is 0.483. The van der Waals surface area contributed by atoms with Crippen molar-refractivity contribution in [3.05, 3.63) is 29.8 Å². The number of nitrogens with one attached hydrogen (secondary N) is 1. The summed E-state index contributed by atoms with van der Waals surface area (Å²) in [6, 6.07) is 8.29. The van der Waals surface area contributed by atoms with Crippen LogP contribution in [-0.2, 0) is 11.3 Å². The minimum atomic E-state index is 0. The standard InChI is InChI=1S/C14H21N3O.HI/c1-14(2)8-12(14)17-13(15)16-11-7-5-4-6-10(11)9-18-3;/h4-7,12H,8-9H2,1-3H3,(H3,15,16,17);1H. The SMILES string of the molecule is COCc1ccccc1NC(N)=NC1CC1(C)C.I. The third-order valence-electron chi connectivity index (χ3n) is 3.34. The lowest BCUT2D eigenvalue weighted by atomic mass is 10.2. The summed E-state index contributed by atoms with van der Waals surface area (Å²) < 4.78 is 5.16. The van der Waals surface area contributed by atoms with Crippen molar-refractivity contribution >= 4 is 35.6 Å². The van der Waals surface area contributed by atoms with Gasteiger partial charge in [0.25, 0.3) is 0 Å². The summed E-state index contributed by atoms with van der Waals surface area (Å²) >= 11 is 0. The van der Waals surface area contributed by atoms with Gasteiger partial charge in [0.15, 0.2) is 5.96 Å². The first-order valence-electron chi connectivity index (χ1n) is 6.20. The number of hydrogen-bond acceptors (Lipinski definition) is 2. The first-order valence-corrected chi connectivity index (χ1v) is 6.20. The minimum Gasteiger partial charge on any atom is -0.380 e. The fourth-order valence-electron chi connectivity index (χ4n) is 1.92. The van der Waals surface area contributed by atoms with Gasteiger partial charge < -0.3 is 15.8 Å². The molecule has 0 saturated heterocycles. The van der Waals surface area contributed by atoms with E-state index in [-0.39, 0.29) is 24.0 Å². The van der Waals surface area contributed by atoms with Gasteiger partial charge in [-0.05, 0) is 17.9 Å². The zero-order valence-electron chi connectivity index (χ0n) is 11.6. The number of halogens is 1. The average molecular weight is 375 g/mol. The molecule has 1 aromatic carbocycles. The van der Waals surface area contributed by atoms with Gasteiger partial charge >= 0.3 is 0 Å². The van der Waals surface area contributed by atoms with E-state index in [9.17, 15) is 0 Å². The van der Waals surface area contributed by atoms with Crippen molar-refractivity contribution in [1.29, 1.82) is 0 Å². The fourth-order valence-corrected chi connectivity index (χ4v) is 1.92. The molecule has 0 spiro atoms. The van der Waals surface area contributed by atoms with Crippen molar-refractivity contribution in [2.24, 2.45) is 16.1 Å². The Bertz CT molecular complexity index is 460. The average Bonchev–Trinajstić information content (AvgIpc) is 2.89. The molecule has 0 aliphatic heterocycles. The molecule has 0 amide bonds. The van der Waals surface area contributed by atoms with Gasteiger partial charge in [-0.15, -0.1) is 24.0 Å². The largest absolute Gasteiger partial charge is 0.380 e. The number of anilines is 1. The van der Waals surface area contributed by atoms with Gasteiger partial charge in [-0.2, -0.15) is 0 Å². The van der Waals surface area contributed by atoms with Crippen molar-refractivity contribution in [3.63, 3.8) is 0 Å². The highest BCUT2D eigenvalue weighted by molar-refractivity contribution is 14.0. The van der Waals surface area contributed by atoms with Crippen LogP contribution >= 0.6 is 24.0 Å². The maximum atomic E-state index is 5.93. The Kier molecular flexibility index (Phi) is 5.61. The van der Waals surface area contributed by atoms with Crippen LogP contribution in [0.4, 0.5) is 5.69 Å².